The van der Waals surface area contributed by atoms with Gasteiger partial charge in [0.25, 0.3) is 5.91 Å². The zero-order valence-electron chi connectivity index (χ0n) is 12.7. The first kappa shape index (κ1) is 14.6. The normalized spacial score (nSPS) is 17.1. The summed E-state index contributed by atoms with van der Waals surface area (Å²) in [6.45, 7) is 3.09. The van der Waals surface area contributed by atoms with E-state index in [1.807, 2.05) is 13.0 Å². The van der Waals surface area contributed by atoms with E-state index in [9.17, 15) is 9.90 Å². The van der Waals surface area contributed by atoms with Crippen LogP contribution in [0.1, 0.15) is 39.8 Å². The molecular formula is C16H19N3O3. The van der Waals surface area contributed by atoms with Gasteiger partial charge >= 0.3 is 0 Å². The molecule has 6 heteroatoms. The summed E-state index contributed by atoms with van der Waals surface area (Å²) >= 11 is 0. The second-order valence-electron chi connectivity index (χ2n) is 5.45. The minimum absolute atomic E-state index is 0.0798. The van der Waals surface area contributed by atoms with Crippen LogP contribution in [0.3, 0.4) is 0 Å². The first-order valence-electron chi connectivity index (χ1n) is 7.27. The smallest absolute Gasteiger partial charge is 0.275 e. The number of fused-ring (bicyclic) bond motifs is 1. The lowest BCUT2D eigenvalue weighted by Crippen LogP contribution is -2.31. The number of phenolic OH excluding ortho intramolecular Hbond substituents is 1. The van der Waals surface area contributed by atoms with Gasteiger partial charge in [-0.2, -0.15) is 5.10 Å². The number of benzene rings is 1. The molecule has 1 atom stereocenters. The quantitative estimate of drug-likeness (QED) is 0.828. The van der Waals surface area contributed by atoms with Gasteiger partial charge in [-0.3, -0.25) is 9.89 Å². The predicted octanol–water partition coefficient (Wildman–Crippen LogP) is 2.01. The Labute approximate surface area is 128 Å². The van der Waals surface area contributed by atoms with Crippen LogP contribution in [0.4, 0.5) is 0 Å². The maximum Gasteiger partial charge on any atom is 0.275 e. The molecule has 2 aromatic rings. The number of nitrogens with zero attached hydrogens (tertiary/aromatic N) is 2. The third-order valence-corrected chi connectivity index (χ3v) is 3.98. The van der Waals surface area contributed by atoms with Crippen molar-refractivity contribution in [2.75, 3.05) is 20.3 Å². The zero-order chi connectivity index (χ0) is 15.7. The Bertz CT molecular complexity index is 696. The summed E-state index contributed by atoms with van der Waals surface area (Å²) in [5.74, 6) is 0.111. The molecule has 0 aliphatic carbocycles. The van der Waals surface area contributed by atoms with Gasteiger partial charge < -0.3 is 14.7 Å². The van der Waals surface area contributed by atoms with Crippen molar-refractivity contribution in [3.8, 4) is 5.75 Å². The fourth-order valence-corrected chi connectivity index (χ4v) is 3.00. The molecule has 0 saturated carbocycles. The van der Waals surface area contributed by atoms with Gasteiger partial charge in [-0.15, -0.1) is 0 Å². The lowest BCUT2D eigenvalue weighted by molar-refractivity contribution is 0.0722. The Balaban J connectivity index is 2.01. The highest BCUT2D eigenvalue weighted by Gasteiger charge is 2.41. The summed E-state index contributed by atoms with van der Waals surface area (Å²) in [5.41, 5.74) is 3.14. The van der Waals surface area contributed by atoms with Crippen molar-refractivity contribution in [3.63, 3.8) is 0 Å². The number of aromatic amines is 1. The molecule has 1 amide bonds. The summed E-state index contributed by atoms with van der Waals surface area (Å²) in [6, 6.07) is 6.81. The molecule has 3 rings (SSSR count). The highest BCUT2D eigenvalue weighted by atomic mass is 16.5. The molecule has 2 N–H and O–H groups in total. The Morgan fingerprint density at radius 1 is 1.45 bits per heavy atom. The molecule has 2 heterocycles. The number of ether oxygens (including phenoxy) is 1. The molecule has 1 aromatic carbocycles. The van der Waals surface area contributed by atoms with Crippen LogP contribution in [0.5, 0.6) is 5.75 Å². The number of hydrogen-bond acceptors (Lipinski definition) is 4. The topological polar surface area (TPSA) is 78.5 Å². The van der Waals surface area contributed by atoms with E-state index in [4.69, 9.17) is 4.74 Å². The van der Waals surface area contributed by atoms with Gasteiger partial charge in [0, 0.05) is 31.5 Å². The lowest BCUT2D eigenvalue weighted by Gasteiger charge is -2.26. The summed E-state index contributed by atoms with van der Waals surface area (Å²) in [7, 11) is 1.65. The second-order valence-corrected chi connectivity index (χ2v) is 5.45. The average molecular weight is 301 g/mol. The van der Waals surface area contributed by atoms with Crippen molar-refractivity contribution in [3.05, 3.63) is 46.8 Å². The first-order valence-corrected chi connectivity index (χ1v) is 7.27. The maximum absolute atomic E-state index is 12.6. The van der Waals surface area contributed by atoms with Crippen molar-refractivity contribution in [2.45, 2.75) is 19.4 Å². The van der Waals surface area contributed by atoms with Gasteiger partial charge in [0.05, 0.1) is 6.04 Å². The molecular weight excluding hydrogens is 282 g/mol. The zero-order valence-corrected chi connectivity index (χ0v) is 12.7. The van der Waals surface area contributed by atoms with Gasteiger partial charge in [0.2, 0.25) is 0 Å². The Kier molecular flexibility index (Phi) is 3.85. The molecule has 0 saturated heterocycles. The molecule has 1 unspecified atom stereocenters. The molecule has 116 valence electrons. The van der Waals surface area contributed by atoms with Crippen LogP contribution in [-0.4, -0.2) is 46.4 Å². The molecule has 1 aromatic heterocycles. The van der Waals surface area contributed by atoms with E-state index in [-0.39, 0.29) is 17.7 Å². The van der Waals surface area contributed by atoms with Crippen molar-refractivity contribution >= 4 is 5.91 Å². The molecule has 6 nitrogen and oxygen atoms in total. The molecule has 0 fully saturated rings. The number of carbonyl (C=O) groups is 1. The molecule has 1 aliphatic rings. The number of aryl methyl sites for hydroxylation is 1. The van der Waals surface area contributed by atoms with E-state index < -0.39 is 0 Å². The van der Waals surface area contributed by atoms with E-state index in [0.29, 0.717) is 18.8 Å². The van der Waals surface area contributed by atoms with Crippen LogP contribution in [0.2, 0.25) is 0 Å². The summed E-state index contributed by atoms with van der Waals surface area (Å²) < 4.78 is 5.08. The molecule has 1 aliphatic heterocycles. The van der Waals surface area contributed by atoms with Crippen LogP contribution in [-0.2, 0) is 4.74 Å². The maximum atomic E-state index is 12.6. The molecule has 0 spiro atoms. The monoisotopic (exact) mass is 301 g/mol. The van der Waals surface area contributed by atoms with Crippen molar-refractivity contribution in [1.82, 2.24) is 15.1 Å². The van der Waals surface area contributed by atoms with E-state index in [2.05, 4.69) is 10.2 Å². The van der Waals surface area contributed by atoms with E-state index in [0.717, 1.165) is 23.2 Å². The summed E-state index contributed by atoms with van der Waals surface area (Å²) in [4.78, 5) is 14.4. The van der Waals surface area contributed by atoms with Gasteiger partial charge in [-0.1, -0.05) is 12.1 Å². The van der Waals surface area contributed by atoms with Gasteiger partial charge in [-0.25, -0.2) is 0 Å². The Morgan fingerprint density at radius 2 is 2.27 bits per heavy atom. The number of carbonyl (C=O) groups excluding carboxylic acids is 1. The van der Waals surface area contributed by atoms with Crippen LogP contribution in [0.25, 0.3) is 0 Å². The predicted molar refractivity (Wildman–Crippen MR) is 80.8 cm³/mol. The second kappa shape index (κ2) is 5.81. The van der Waals surface area contributed by atoms with E-state index >= 15 is 0 Å². The number of H-pyrrole nitrogens is 1. The molecule has 0 bridgehead atoms. The fourth-order valence-electron chi connectivity index (χ4n) is 3.00. The Hall–Kier alpha value is -2.34. The van der Waals surface area contributed by atoms with Crippen LogP contribution < -0.4 is 0 Å². The number of methoxy groups -OCH3 is 1. The largest absolute Gasteiger partial charge is 0.508 e. The summed E-state index contributed by atoms with van der Waals surface area (Å²) in [6.07, 6.45) is 0.755. The van der Waals surface area contributed by atoms with Gasteiger partial charge in [-0.05, 0) is 31.0 Å². The number of phenols is 1. The number of amides is 1. The molecule has 22 heavy (non-hydrogen) atoms. The third kappa shape index (κ3) is 2.35. The fraction of sp³-hybridized carbons (Fsp3) is 0.375. The average Bonchev–Trinajstić information content (AvgIpc) is 3.00. The van der Waals surface area contributed by atoms with Crippen molar-refractivity contribution < 1.29 is 14.6 Å². The molecule has 0 radical (unpaired) electrons. The van der Waals surface area contributed by atoms with Gasteiger partial charge in [0.1, 0.15) is 5.75 Å². The minimum Gasteiger partial charge on any atom is -0.508 e. The number of aromatic hydroxyl groups is 1. The number of nitrogens with one attached hydrogen (secondary N) is 1. The minimum atomic E-state index is -0.217. The first-order chi connectivity index (χ1) is 10.6. The lowest BCUT2D eigenvalue weighted by atomic mass is 9.99. The van der Waals surface area contributed by atoms with Gasteiger partial charge in [0.15, 0.2) is 5.69 Å². The van der Waals surface area contributed by atoms with Crippen LogP contribution in [0, 0.1) is 6.92 Å². The van der Waals surface area contributed by atoms with Crippen molar-refractivity contribution in [1.29, 1.82) is 0 Å². The highest BCUT2D eigenvalue weighted by molar-refractivity contribution is 5.98. The third-order valence-electron chi connectivity index (χ3n) is 3.98. The SMILES string of the molecule is COCCCN1C(=O)c2n[nH]c(C)c2C1c1cccc(O)c1. The number of hydrogen-bond donors (Lipinski definition) is 2. The van der Waals surface area contributed by atoms with Crippen LogP contribution >= 0.6 is 0 Å². The summed E-state index contributed by atoms with van der Waals surface area (Å²) in [5, 5.41) is 16.8. The Morgan fingerprint density at radius 3 is 3.00 bits per heavy atom. The van der Waals surface area contributed by atoms with Crippen LogP contribution in [0.15, 0.2) is 24.3 Å². The van der Waals surface area contributed by atoms with E-state index in [1.54, 1.807) is 30.2 Å². The van der Waals surface area contributed by atoms with Crippen molar-refractivity contribution in [2.24, 2.45) is 0 Å². The standard InChI is InChI=1S/C16H19N3O3/c1-10-13-14(18-17-10)16(21)19(7-4-8-22-2)15(13)11-5-3-6-12(20)9-11/h3,5-6,9,15,20H,4,7-8H2,1-2H3,(H,17,18). The number of rotatable bonds is 5. The number of aromatic nitrogens is 2. The highest BCUT2D eigenvalue weighted by Crippen LogP contribution is 2.39. The van der Waals surface area contributed by atoms with E-state index in [1.165, 1.54) is 0 Å².